The summed E-state index contributed by atoms with van der Waals surface area (Å²) in [5.41, 5.74) is 5.05. The number of alkyl halides is 3. The first-order valence-electron chi connectivity index (χ1n) is 4.63. The largest absolute Gasteiger partial charge is 0.416 e. The second kappa shape index (κ2) is 4.62. The zero-order valence-electron chi connectivity index (χ0n) is 8.49. The lowest BCUT2D eigenvalue weighted by molar-refractivity contribution is -0.137. The van der Waals surface area contributed by atoms with Gasteiger partial charge in [-0.3, -0.25) is 0 Å². The highest BCUT2D eigenvalue weighted by Gasteiger charge is 2.30. The Balaban J connectivity index is 2.26. The summed E-state index contributed by atoms with van der Waals surface area (Å²) in [5.74, 6) is 0. The summed E-state index contributed by atoms with van der Waals surface area (Å²) < 4.78 is 37.2. The Bertz CT molecular complexity index is 506. The number of nitrogens with two attached hydrogens (primary N) is 1. The molecule has 0 saturated carbocycles. The zero-order valence-corrected chi connectivity index (χ0v) is 10.1. The van der Waals surface area contributed by atoms with Gasteiger partial charge in [-0.05, 0) is 29.6 Å². The Hall–Kier alpha value is -1.14. The molecule has 2 N–H and O–H groups in total. The van der Waals surface area contributed by atoms with Crippen LogP contribution in [0.3, 0.4) is 0 Å². The second-order valence-corrected chi connectivity index (χ2v) is 5.21. The Morgan fingerprint density at radius 2 is 1.94 bits per heavy atom. The minimum atomic E-state index is -4.35. The molecule has 1 heterocycles. The fourth-order valence-electron chi connectivity index (χ4n) is 1.25. The van der Waals surface area contributed by atoms with E-state index in [0.29, 0.717) is 4.90 Å². The smallest absolute Gasteiger partial charge is 0.398 e. The third-order valence-corrected chi connectivity index (χ3v) is 3.97. The molecular formula is C11H8F3NS2. The molecule has 90 valence electrons. The molecule has 0 radical (unpaired) electrons. The normalized spacial score (nSPS) is 11.7. The van der Waals surface area contributed by atoms with Crippen LogP contribution < -0.4 is 5.73 Å². The maximum absolute atomic E-state index is 12.4. The number of benzene rings is 1. The third-order valence-electron chi connectivity index (χ3n) is 2.06. The molecule has 0 fully saturated rings. The standard InChI is InChI=1S/C11H8F3NS2/c12-11(13,14)7-1-2-10(9(15)5-7)17-8-3-4-16-6-8/h1-6H,15H2. The first-order valence-corrected chi connectivity index (χ1v) is 6.39. The van der Waals surface area contributed by atoms with E-state index in [0.717, 1.165) is 17.0 Å². The predicted molar refractivity (Wildman–Crippen MR) is 64.3 cm³/mol. The van der Waals surface area contributed by atoms with E-state index in [1.165, 1.54) is 29.2 Å². The lowest BCUT2D eigenvalue weighted by Crippen LogP contribution is -2.05. The van der Waals surface area contributed by atoms with E-state index in [2.05, 4.69) is 0 Å². The molecule has 6 heteroatoms. The van der Waals surface area contributed by atoms with Crippen molar-refractivity contribution in [1.29, 1.82) is 0 Å². The van der Waals surface area contributed by atoms with Crippen LogP contribution in [0.15, 0.2) is 44.8 Å². The van der Waals surface area contributed by atoms with E-state index in [1.54, 1.807) is 0 Å². The Kier molecular flexibility index (Phi) is 3.35. The topological polar surface area (TPSA) is 26.0 Å². The lowest BCUT2D eigenvalue weighted by atomic mass is 10.2. The van der Waals surface area contributed by atoms with Crippen molar-refractivity contribution in [3.05, 3.63) is 40.6 Å². The molecular weight excluding hydrogens is 267 g/mol. The van der Waals surface area contributed by atoms with Crippen molar-refractivity contribution in [3.63, 3.8) is 0 Å². The number of nitrogen functional groups attached to an aromatic ring is 1. The van der Waals surface area contributed by atoms with Crippen LogP contribution in [-0.2, 0) is 6.18 Å². The minimum absolute atomic E-state index is 0.149. The van der Waals surface area contributed by atoms with Gasteiger partial charge in [-0.15, -0.1) is 0 Å². The number of halogens is 3. The molecule has 0 spiro atoms. The van der Waals surface area contributed by atoms with Gasteiger partial charge in [-0.1, -0.05) is 11.8 Å². The summed E-state index contributed by atoms with van der Waals surface area (Å²) in [4.78, 5) is 1.61. The van der Waals surface area contributed by atoms with E-state index < -0.39 is 11.7 Å². The summed E-state index contributed by atoms with van der Waals surface area (Å²) in [7, 11) is 0. The molecule has 0 unspecified atom stereocenters. The minimum Gasteiger partial charge on any atom is -0.398 e. The van der Waals surface area contributed by atoms with E-state index in [-0.39, 0.29) is 5.69 Å². The second-order valence-electron chi connectivity index (χ2n) is 3.31. The summed E-state index contributed by atoms with van der Waals surface area (Å²) >= 11 is 2.89. The Morgan fingerprint density at radius 3 is 2.47 bits per heavy atom. The van der Waals surface area contributed by atoms with Crippen molar-refractivity contribution in [2.75, 3.05) is 5.73 Å². The highest BCUT2D eigenvalue weighted by atomic mass is 32.2. The number of hydrogen-bond donors (Lipinski definition) is 1. The van der Waals surface area contributed by atoms with Gasteiger partial charge >= 0.3 is 6.18 Å². The lowest BCUT2D eigenvalue weighted by Gasteiger charge is -2.09. The Morgan fingerprint density at radius 1 is 1.18 bits per heavy atom. The SMILES string of the molecule is Nc1cc(C(F)(F)F)ccc1Sc1ccsc1. The van der Waals surface area contributed by atoms with Crippen molar-refractivity contribution in [2.45, 2.75) is 16.0 Å². The van der Waals surface area contributed by atoms with Crippen LogP contribution in [-0.4, -0.2) is 0 Å². The monoisotopic (exact) mass is 275 g/mol. The van der Waals surface area contributed by atoms with Gasteiger partial charge in [-0.2, -0.15) is 24.5 Å². The first-order chi connectivity index (χ1) is 7.97. The summed E-state index contributed by atoms with van der Waals surface area (Å²) in [6, 6.07) is 5.31. The van der Waals surface area contributed by atoms with Crippen molar-refractivity contribution >= 4 is 28.8 Å². The molecule has 1 nitrogen and oxygen atoms in total. The van der Waals surface area contributed by atoms with Crippen LogP contribution >= 0.6 is 23.1 Å². The van der Waals surface area contributed by atoms with Gasteiger partial charge in [0.25, 0.3) is 0 Å². The average molecular weight is 275 g/mol. The fourth-order valence-corrected chi connectivity index (χ4v) is 2.92. The quantitative estimate of drug-likeness (QED) is 0.817. The molecule has 17 heavy (non-hydrogen) atoms. The summed E-state index contributed by atoms with van der Waals surface area (Å²) in [6.07, 6.45) is -4.35. The Labute approximate surface area is 104 Å². The number of rotatable bonds is 2. The molecule has 0 aliphatic carbocycles. The van der Waals surface area contributed by atoms with Gasteiger partial charge in [0.05, 0.1) is 5.56 Å². The van der Waals surface area contributed by atoms with E-state index in [1.807, 2.05) is 16.8 Å². The van der Waals surface area contributed by atoms with Crippen molar-refractivity contribution in [3.8, 4) is 0 Å². The number of hydrogen-bond acceptors (Lipinski definition) is 3. The average Bonchev–Trinajstić information content (AvgIpc) is 2.72. The fraction of sp³-hybridized carbons (Fsp3) is 0.0909. The van der Waals surface area contributed by atoms with E-state index in [9.17, 15) is 13.2 Å². The molecule has 0 bridgehead atoms. The molecule has 2 rings (SSSR count). The number of thiophene rings is 1. The van der Waals surface area contributed by atoms with E-state index in [4.69, 9.17) is 5.73 Å². The maximum Gasteiger partial charge on any atom is 0.416 e. The molecule has 0 saturated heterocycles. The molecule has 0 aliphatic heterocycles. The van der Waals surface area contributed by atoms with Gasteiger partial charge in [0, 0.05) is 20.9 Å². The predicted octanol–water partition coefficient (Wildman–Crippen LogP) is 4.50. The third kappa shape index (κ3) is 2.95. The van der Waals surface area contributed by atoms with Crippen LogP contribution in [0.1, 0.15) is 5.56 Å². The summed E-state index contributed by atoms with van der Waals surface area (Å²) in [6.45, 7) is 0. The van der Waals surface area contributed by atoms with Crippen molar-refractivity contribution in [2.24, 2.45) is 0 Å². The first kappa shape index (κ1) is 12.3. The number of anilines is 1. The van der Waals surface area contributed by atoms with Gasteiger partial charge in [-0.25, -0.2) is 0 Å². The van der Waals surface area contributed by atoms with Gasteiger partial charge < -0.3 is 5.73 Å². The zero-order chi connectivity index (χ0) is 12.5. The van der Waals surface area contributed by atoms with Gasteiger partial charge in [0.1, 0.15) is 0 Å². The van der Waals surface area contributed by atoms with Crippen LogP contribution in [0.5, 0.6) is 0 Å². The summed E-state index contributed by atoms with van der Waals surface area (Å²) in [5, 5.41) is 3.82. The maximum atomic E-state index is 12.4. The van der Waals surface area contributed by atoms with Crippen LogP contribution in [0.2, 0.25) is 0 Å². The van der Waals surface area contributed by atoms with E-state index >= 15 is 0 Å². The highest BCUT2D eigenvalue weighted by molar-refractivity contribution is 7.99. The highest BCUT2D eigenvalue weighted by Crippen LogP contribution is 2.37. The van der Waals surface area contributed by atoms with Gasteiger partial charge in [0.2, 0.25) is 0 Å². The molecule has 1 aromatic heterocycles. The molecule has 1 aromatic carbocycles. The van der Waals surface area contributed by atoms with Crippen molar-refractivity contribution in [1.82, 2.24) is 0 Å². The van der Waals surface area contributed by atoms with Crippen LogP contribution in [0.4, 0.5) is 18.9 Å². The molecule has 0 amide bonds. The molecule has 2 aromatic rings. The van der Waals surface area contributed by atoms with Crippen molar-refractivity contribution < 1.29 is 13.2 Å². The van der Waals surface area contributed by atoms with Gasteiger partial charge in [0.15, 0.2) is 0 Å². The molecule has 0 atom stereocenters. The molecule has 0 aliphatic rings. The van der Waals surface area contributed by atoms with Crippen LogP contribution in [0, 0.1) is 0 Å². The van der Waals surface area contributed by atoms with Crippen LogP contribution in [0.25, 0.3) is 0 Å².